The highest BCUT2D eigenvalue weighted by molar-refractivity contribution is 5.37. The summed E-state index contributed by atoms with van der Waals surface area (Å²) in [4.78, 5) is 2.47. The Labute approximate surface area is 98.7 Å². The molecule has 0 heterocycles. The lowest BCUT2D eigenvalue weighted by atomic mass is 10.1. The second-order valence-electron chi connectivity index (χ2n) is 5.00. The zero-order valence-electron chi connectivity index (χ0n) is 10.7. The molecule has 0 spiro atoms. The summed E-state index contributed by atoms with van der Waals surface area (Å²) in [6.07, 6.45) is 1.16. The van der Waals surface area contributed by atoms with Crippen LogP contribution in [0.3, 0.4) is 0 Å². The van der Waals surface area contributed by atoms with Crippen molar-refractivity contribution in [2.45, 2.75) is 38.4 Å². The topological polar surface area (TPSA) is 15.3 Å². The predicted molar refractivity (Wildman–Crippen MR) is 68.6 cm³/mol. The van der Waals surface area contributed by atoms with Gasteiger partial charge in [0.25, 0.3) is 0 Å². The first-order chi connectivity index (χ1) is 7.65. The molecule has 1 N–H and O–H groups in total. The summed E-state index contributed by atoms with van der Waals surface area (Å²) in [5.74, 6) is 0. The third-order valence-corrected chi connectivity index (χ3v) is 3.85. The van der Waals surface area contributed by atoms with Crippen molar-refractivity contribution in [2.24, 2.45) is 0 Å². The Morgan fingerprint density at radius 1 is 1.31 bits per heavy atom. The maximum atomic E-state index is 3.46. The van der Waals surface area contributed by atoms with E-state index in [1.165, 1.54) is 11.1 Å². The Kier molecular flexibility index (Phi) is 3.31. The SMILES string of the molecule is CNC1c2ccccc2CC1N(C)C(C)C. The molecule has 2 atom stereocenters. The maximum absolute atomic E-state index is 3.46. The quantitative estimate of drug-likeness (QED) is 0.837. The minimum Gasteiger partial charge on any atom is -0.312 e. The molecule has 88 valence electrons. The Bertz CT molecular complexity index is 360. The number of benzene rings is 1. The van der Waals surface area contributed by atoms with Crippen LogP contribution >= 0.6 is 0 Å². The van der Waals surface area contributed by atoms with E-state index in [1.54, 1.807) is 0 Å². The van der Waals surface area contributed by atoms with Gasteiger partial charge < -0.3 is 5.32 Å². The van der Waals surface area contributed by atoms with Crippen LogP contribution in [0.4, 0.5) is 0 Å². The van der Waals surface area contributed by atoms with Crippen molar-refractivity contribution in [3.05, 3.63) is 35.4 Å². The van der Waals surface area contributed by atoms with Crippen molar-refractivity contribution < 1.29 is 0 Å². The van der Waals surface area contributed by atoms with Gasteiger partial charge in [-0.1, -0.05) is 24.3 Å². The van der Waals surface area contributed by atoms with E-state index in [1.807, 2.05) is 0 Å². The Morgan fingerprint density at radius 2 is 2.00 bits per heavy atom. The summed E-state index contributed by atoms with van der Waals surface area (Å²) >= 11 is 0. The average Bonchev–Trinajstić information content (AvgIpc) is 2.65. The van der Waals surface area contributed by atoms with Crippen molar-refractivity contribution in [1.29, 1.82) is 0 Å². The summed E-state index contributed by atoms with van der Waals surface area (Å²) in [5, 5.41) is 3.46. The van der Waals surface area contributed by atoms with E-state index in [-0.39, 0.29) is 0 Å². The van der Waals surface area contributed by atoms with Crippen LogP contribution in [0.25, 0.3) is 0 Å². The molecular formula is C14H22N2. The van der Waals surface area contributed by atoms with Gasteiger partial charge in [0.2, 0.25) is 0 Å². The molecule has 1 aromatic rings. The van der Waals surface area contributed by atoms with Crippen molar-refractivity contribution in [3.8, 4) is 0 Å². The van der Waals surface area contributed by atoms with Gasteiger partial charge in [0.05, 0.1) is 0 Å². The third kappa shape index (κ3) is 1.87. The van der Waals surface area contributed by atoms with Gasteiger partial charge in [-0.15, -0.1) is 0 Å². The molecule has 1 aromatic carbocycles. The Morgan fingerprint density at radius 3 is 2.62 bits per heavy atom. The van der Waals surface area contributed by atoms with E-state index < -0.39 is 0 Å². The van der Waals surface area contributed by atoms with Crippen LogP contribution in [-0.4, -0.2) is 31.1 Å². The second-order valence-corrected chi connectivity index (χ2v) is 5.00. The molecule has 0 aromatic heterocycles. The first-order valence-corrected chi connectivity index (χ1v) is 6.12. The number of hydrogen-bond donors (Lipinski definition) is 1. The van der Waals surface area contributed by atoms with E-state index in [0.29, 0.717) is 18.1 Å². The predicted octanol–water partition coefficient (Wildman–Crippen LogP) is 2.21. The number of hydrogen-bond acceptors (Lipinski definition) is 2. The standard InChI is InChI=1S/C14H22N2/c1-10(2)16(4)13-9-11-7-5-6-8-12(11)14(13)15-3/h5-8,10,13-15H,9H2,1-4H3. The fourth-order valence-corrected chi connectivity index (χ4v) is 2.68. The van der Waals surface area contributed by atoms with Crippen molar-refractivity contribution in [3.63, 3.8) is 0 Å². The number of nitrogens with zero attached hydrogens (tertiary/aromatic N) is 1. The summed E-state index contributed by atoms with van der Waals surface area (Å²) in [6, 6.07) is 10.4. The minimum absolute atomic E-state index is 0.476. The van der Waals surface area contributed by atoms with Gasteiger partial charge >= 0.3 is 0 Å². The molecule has 0 bridgehead atoms. The maximum Gasteiger partial charge on any atom is 0.0481 e. The van der Waals surface area contributed by atoms with E-state index in [0.717, 1.165) is 6.42 Å². The fourth-order valence-electron chi connectivity index (χ4n) is 2.68. The molecule has 16 heavy (non-hydrogen) atoms. The first kappa shape index (κ1) is 11.6. The van der Waals surface area contributed by atoms with E-state index in [4.69, 9.17) is 0 Å². The molecule has 0 saturated carbocycles. The highest BCUT2D eigenvalue weighted by atomic mass is 15.2. The largest absolute Gasteiger partial charge is 0.312 e. The summed E-state index contributed by atoms with van der Waals surface area (Å²) in [7, 11) is 4.29. The minimum atomic E-state index is 0.476. The normalized spacial score (nSPS) is 24.1. The summed E-state index contributed by atoms with van der Waals surface area (Å²) in [6.45, 7) is 4.52. The molecule has 0 radical (unpaired) electrons. The monoisotopic (exact) mass is 218 g/mol. The van der Waals surface area contributed by atoms with Crippen molar-refractivity contribution in [2.75, 3.05) is 14.1 Å². The molecule has 0 aliphatic heterocycles. The van der Waals surface area contributed by atoms with Gasteiger partial charge in [-0.2, -0.15) is 0 Å². The molecule has 0 amide bonds. The molecule has 2 rings (SSSR count). The lowest BCUT2D eigenvalue weighted by Crippen LogP contribution is -2.43. The summed E-state index contributed by atoms with van der Waals surface area (Å²) < 4.78 is 0. The number of rotatable bonds is 3. The number of nitrogens with one attached hydrogen (secondary N) is 1. The van der Waals surface area contributed by atoms with Crippen LogP contribution in [0, 0.1) is 0 Å². The van der Waals surface area contributed by atoms with E-state index in [2.05, 4.69) is 62.4 Å². The molecule has 0 saturated heterocycles. The van der Waals surface area contributed by atoms with E-state index in [9.17, 15) is 0 Å². The Hall–Kier alpha value is -0.860. The molecule has 0 fully saturated rings. The lowest BCUT2D eigenvalue weighted by Gasteiger charge is -2.32. The number of fused-ring (bicyclic) bond motifs is 1. The molecule has 2 nitrogen and oxygen atoms in total. The highest BCUT2D eigenvalue weighted by Crippen LogP contribution is 2.34. The Balaban J connectivity index is 2.27. The highest BCUT2D eigenvalue weighted by Gasteiger charge is 2.34. The van der Waals surface area contributed by atoms with Gasteiger partial charge in [0.1, 0.15) is 0 Å². The molecular weight excluding hydrogens is 196 g/mol. The lowest BCUT2D eigenvalue weighted by molar-refractivity contribution is 0.168. The van der Waals surface area contributed by atoms with Crippen LogP contribution in [0.5, 0.6) is 0 Å². The van der Waals surface area contributed by atoms with Gasteiger partial charge in [-0.3, -0.25) is 4.90 Å². The first-order valence-electron chi connectivity index (χ1n) is 6.12. The van der Waals surface area contributed by atoms with Crippen LogP contribution in [0.1, 0.15) is 31.0 Å². The molecule has 1 aliphatic carbocycles. The second kappa shape index (κ2) is 4.56. The van der Waals surface area contributed by atoms with Crippen molar-refractivity contribution in [1.82, 2.24) is 10.2 Å². The zero-order chi connectivity index (χ0) is 11.7. The van der Waals surface area contributed by atoms with Crippen LogP contribution in [0.15, 0.2) is 24.3 Å². The molecule has 2 unspecified atom stereocenters. The van der Waals surface area contributed by atoms with Crippen LogP contribution in [-0.2, 0) is 6.42 Å². The fraction of sp³-hybridized carbons (Fsp3) is 0.571. The third-order valence-electron chi connectivity index (χ3n) is 3.85. The smallest absolute Gasteiger partial charge is 0.0481 e. The van der Waals surface area contributed by atoms with Gasteiger partial charge in [0.15, 0.2) is 0 Å². The average molecular weight is 218 g/mol. The zero-order valence-corrected chi connectivity index (χ0v) is 10.7. The van der Waals surface area contributed by atoms with E-state index >= 15 is 0 Å². The van der Waals surface area contributed by atoms with Crippen LogP contribution < -0.4 is 5.32 Å². The van der Waals surface area contributed by atoms with Gasteiger partial charge in [-0.25, -0.2) is 0 Å². The van der Waals surface area contributed by atoms with Crippen LogP contribution in [0.2, 0.25) is 0 Å². The molecule has 2 heteroatoms. The van der Waals surface area contributed by atoms with Gasteiger partial charge in [-0.05, 0) is 45.5 Å². The van der Waals surface area contributed by atoms with Crippen molar-refractivity contribution >= 4 is 0 Å². The summed E-state index contributed by atoms with van der Waals surface area (Å²) in [5.41, 5.74) is 2.97. The van der Waals surface area contributed by atoms with Gasteiger partial charge in [0, 0.05) is 18.1 Å². The molecule has 1 aliphatic rings. The number of likely N-dealkylation sites (N-methyl/N-ethyl adjacent to an activating group) is 2.